The number of fused-ring (bicyclic) bond motifs is 2. The molecule has 6 heteroatoms. The molecule has 5 nitrogen and oxygen atoms in total. The average molecular weight is 312 g/mol. The van der Waals surface area contributed by atoms with Crippen LogP contribution in [0.5, 0.6) is 0 Å². The molecule has 0 atom stereocenters. The van der Waals surface area contributed by atoms with Crippen molar-refractivity contribution in [3.63, 3.8) is 0 Å². The van der Waals surface area contributed by atoms with Crippen LogP contribution in [-0.2, 0) is 19.9 Å². The predicted molar refractivity (Wildman–Crippen MR) is 89.0 cm³/mol. The summed E-state index contributed by atoms with van der Waals surface area (Å²) >= 11 is 1.49. The molecular weight excluding hydrogens is 296 g/mol. The zero-order chi connectivity index (χ0) is 15.3. The van der Waals surface area contributed by atoms with Gasteiger partial charge in [-0.1, -0.05) is 0 Å². The number of nitrogens with zero attached hydrogens (tertiary/aromatic N) is 3. The fourth-order valence-corrected chi connectivity index (χ4v) is 3.81. The molecule has 0 amide bonds. The topological polar surface area (TPSA) is 63.6 Å². The van der Waals surface area contributed by atoms with E-state index in [0.29, 0.717) is 11.2 Å². The van der Waals surface area contributed by atoms with Crippen LogP contribution >= 0.6 is 11.3 Å². The Hall–Kier alpha value is -2.21. The number of aryl methyl sites for hydroxylation is 2. The molecule has 1 aliphatic rings. The van der Waals surface area contributed by atoms with Crippen molar-refractivity contribution in [2.75, 3.05) is 0 Å². The minimum atomic E-state index is -0.0794. The van der Waals surface area contributed by atoms with Crippen LogP contribution in [0.1, 0.15) is 36.1 Å². The lowest BCUT2D eigenvalue weighted by molar-refractivity contribution is 0.721. The number of rotatable bonds is 2. The minimum Gasteiger partial charge on any atom is -0.306 e. The van der Waals surface area contributed by atoms with Crippen molar-refractivity contribution in [1.82, 2.24) is 19.7 Å². The predicted octanol–water partition coefficient (Wildman–Crippen LogP) is 2.77. The van der Waals surface area contributed by atoms with Crippen LogP contribution < -0.4 is 5.56 Å². The molecule has 0 spiro atoms. The van der Waals surface area contributed by atoms with Crippen LogP contribution in [0.4, 0.5) is 0 Å². The number of aromatic nitrogens is 4. The van der Waals surface area contributed by atoms with Crippen molar-refractivity contribution in [2.24, 2.45) is 7.05 Å². The Labute approximate surface area is 131 Å². The van der Waals surface area contributed by atoms with E-state index in [1.165, 1.54) is 29.0 Å². The number of allylic oxidation sites excluding steroid dienone is 1. The first-order valence-corrected chi connectivity index (χ1v) is 8.22. The van der Waals surface area contributed by atoms with E-state index in [9.17, 15) is 4.79 Å². The van der Waals surface area contributed by atoms with E-state index in [1.807, 2.05) is 30.1 Å². The molecule has 1 aliphatic carbocycles. The van der Waals surface area contributed by atoms with Crippen molar-refractivity contribution in [2.45, 2.75) is 26.2 Å². The van der Waals surface area contributed by atoms with E-state index in [2.05, 4.69) is 21.1 Å². The molecule has 3 heterocycles. The number of nitrogens with one attached hydrogen (secondary N) is 1. The summed E-state index contributed by atoms with van der Waals surface area (Å²) < 4.78 is 1.93. The summed E-state index contributed by atoms with van der Waals surface area (Å²) in [6, 6.07) is 1.81. The van der Waals surface area contributed by atoms with Crippen molar-refractivity contribution in [1.29, 1.82) is 0 Å². The van der Waals surface area contributed by atoms with Gasteiger partial charge >= 0.3 is 0 Å². The highest BCUT2D eigenvalue weighted by Crippen LogP contribution is 2.27. The third-order valence-corrected chi connectivity index (χ3v) is 4.99. The summed E-state index contributed by atoms with van der Waals surface area (Å²) in [5.74, 6) is 0.632. The molecular formula is C16H16N4OS. The lowest BCUT2D eigenvalue weighted by Crippen LogP contribution is -2.09. The number of thiophene rings is 1. The monoisotopic (exact) mass is 312 g/mol. The van der Waals surface area contributed by atoms with Gasteiger partial charge in [-0.2, -0.15) is 5.10 Å². The maximum absolute atomic E-state index is 12.1. The first-order valence-electron chi connectivity index (χ1n) is 7.34. The Kier molecular flexibility index (Phi) is 3.00. The average Bonchev–Trinajstić information content (AvgIpc) is 3.17. The van der Waals surface area contributed by atoms with Gasteiger partial charge in [0.15, 0.2) is 0 Å². The van der Waals surface area contributed by atoms with Gasteiger partial charge in [-0.05, 0) is 49.3 Å². The normalized spacial score (nSPS) is 14.7. The molecule has 1 N–H and O–H groups in total. The molecule has 3 aromatic rings. The molecule has 0 saturated carbocycles. The Balaban J connectivity index is 1.83. The van der Waals surface area contributed by atoms with E-state index in [4.69, 9.17) is 0 Å². The lowest BCUT2D eigenvalue weighted by atomic mass is 10.1. The van der Waals surface area contributed by atoms with Crippen LogP contribution in [0.15, 0.2) is 16.2 Å². The molecule has 4 rings (SSSR count). The lowest BCUT2D eigenvalue weighted by Gasteiger charge is -2.04. The summed E-state index contributed by atoms with van der Waals surface area (Å²) in [6.45, 7) is 1.98. The van der Waals surface area contributed by atoms with Gasteiger partial charge in [-0.15, -0.1) is 11.3 Å². The van der Waals surface area contributed by atoms with Gasteiger partial charge in [-0.25, -0.2) is 4.98 Å². The largest absolute Gasteiger partial charge is 0.306 e. The van der Waals surface area contributed by atoms with Crippen molar-refractivity contribution >= 4 is 33.2 Å². The number of hydrogen-bond donors (Lipinski definition) is 1. The number of aromatic amines is 1. The van der Waals surface area contributed by atoms with Crippen molar-refractivity contribution in [3.8, 4) is 0 Å². The van der Waals surface area contributed by atoms with Gasteiger partial charge in [0.2, 0.25) is 0 Å². The quantitative estimate of drug-likeness (QED) is 0.791. The smallest absolute Gasteiger partial charge is 0.259 e. The third kappa shape index (κ3) is 2.02. The summed E-state index contributed by atoms with van der Waals surface area (Å²) in [6.07, 6.45) is 5.39. The zero-order valence-electron chi connectivity index (χ0n) is 12.5. The van der Waals surface area contributed by atoms with Gasteiger partial charge in [0.05, 0.1) is 16.8 Å². The van der Waals surface area contributed by atoms with E-state index in [-0.39, 0.29) is 5.56 Å². The van der Waals surface area contributed by atoms with Crippen LogP contribution in [0.25, 0.3) is 21.9 Å². The zero-order valence-corrected chi connectivity index (χ0v) is 13.3. The Bertz CT molecular complexity index is 960. The third-order valence-electron chi connectivity index (χ3n) is 4.18. The fraction of sp³-hybridized carbons (Fsp3) is 0.312. The molecule has 22 heavy (non-hydrogen) atoms. The molecule has 0 aliphatic heterocycles. The number of hydrogen-bond acceptors (Lipinski definition) is 4. The van der Waals surface area contributed by atoms with E-state index in [0.717, 1.165) is 28.9 Å². The molecule has 112 valence electrons. The Morgan fingerprint density at radius 2 is 2.32 bits per heavy atom. The molecule has 0 fully saturated rings. The van der Waals surface area contributed by atoms with E-state index >= 15 is 0 Å². The standard InChI is InChI=1S/C16H16N4OS/c1-9(8-13-10-4-3-5-12(10)19-20(13)2)14-17-15(21)11-6-7-22-16(11)18-14/h6-8H,3-5H2,1-2H3,(H,17,18,21). The van der Waals surface area contributed by atoms with E-state index < -0.39 is 0 Å². The molecule has 0 radical (unpaired) electrons. The molecule has 0 saturated heterocycles. The van der Waals surface area contributed by atoms with E-state index in [1.54, 1.807) is 0 Å². The van der Waals surface area contributed by atoms with Gasteiger partial charge in [-0.3, -0.25) is 9.48 Å². The highest BCUT2D eigenvalue weighted by atomic mass is 32.1. The Morgan fingerprint density at radius 1 is 1.45 bits per heavy atom. The van der Waals surface area contributed by atoms with Gasteiger partial charge in [0.25, 0.3) is 5.56 Å². The summed E-state index contributed by atoms with van der Waals surface area (Å²) in [5.41, 5.74) is 4.53. The van der Waals surface area contributed by atoms with Gasteiger partial charge in [0.1, 0.15) is 10.7 Å². The van der Waals surface area contributed by atoms with Crippen LogP contribution in [0.3, 0.4) is 0 Å². The second-order valence-electron chi connectivity index (χ2n) is 5.67. The van der Waals surface area contributed by atoms with Gasteiger partial charge in [0, 0.05) is 12.6 Å². The number of H-pyrrole nitrogens is 1. The first-order chi connectivity index (χ1) is 10.6. The van der Waals surface area contributed by atoms with Crippen LogP contribution in [-0.4, -0.2) is 19.7 Å². The second kappa shape index (κ2) is 4.91. The molecule has 0 aromatic carbocycles. The first kappa shape index (κ1) is 13.5. The summed E-state index contributed by atoms with van der Waals surface area (Å²) in [5, 5.41) is 7.13. The van der Waals surface area contributed by atoms with Gasteiger partial charge < -0.3 is 4.98 Å². The summed E-state index contributed by atoms with van der Waals surface area (Å²) in [4.78, 5) is 20.3. The van der Waals surface area contributed by atoms with Crippen molar-refractivity contribution < 1.29 is 0 Å². The fourth-order valence-electron chi connectivity index (χ4n) is 3.05. The molecule has 3 aromatic heterocycles. The second-order valence-corrected chi connectivity index (χ2v) is 6.56. The minimum absolute atomic E-state index is 0.0794. The highest BCUT2D eigenvalue weighted by molar-refractivity contribution is 7.16. The molecule has 0 unspecified atom stereocenters. The maximum atomic E-state index is 12.1. The SMILES string of the molecule is CC(=Cc1c2c(nn1C)CCC2)c1nc2sccc2c(=O)[nH]1. The maximum Gasteiger partial charge on any atom is 0.259 e. The Morgan fingerprint density at radius 3 is 3.18 bits per heavy atom. The highest BCUT2D eigenvalue weighted by Gasteiger charge is 2.19. The summed E-state index contributed by atoms with van der Waals surface area (Å²) in [7, 11) is 1.97. The molecule has 0 bridgehead atoms. The van der Waals surface area contributed by atoms with Crippen LogP contribution in [0.2, 0.25) is 0 Å². The van der Waals surface area contributed by atoms with Crippen LogP contribution in [0, 0.1) is 0 Å². The van der Waals surface area contributed by atoms with Crippen molar-refractivity contribution in [3.05, 3.63) is 44.6 Å².